The van der Waals surface area contributed by atoms with Crippen LogP contribution in [0.3, 0.4) is 0 Å². The van der Waals surface area contributed by atoms with Crippen LogP contribution >= 0.6 is 35.3 Å². The molecule has 2 atom stereocenters. The van der Waals surface area contributed by atoms with Gasteiger partial charge in [-0.05, 0) is 37.4 Å². The molecule has 0 spiro atoms. The minimum atomic E-state index is 0. The minimum absolute atomic E-state index is 0. The number of rotatable bonds is 6. The molecule has 1 aliphatic carbocycles. The molecule has 0 radical (unpaired) electrons. The summed E-state index contributed by atoms with van der Waals surface area (Å²) < 4.78 is 0.756. The van der Waals surface area contributed by atoms with E-state index in [1.165, 1.54) is 11.3 Å². The van der Waals surface area contributed by atoms with Gasteiger partial charge >= 0.3 is 0 Å². The Balaban J connectivity index is 0.00000220. The molecule has 0 saturated heterocycles. The number of nitrogens with zero attached hydrogens (tertiary/aromatic N) is 1. The molecular formula is C15H22Cl2N2OS. The van der Waals surface area contributed by atoms with Crippen molar-refractivity contribution in [2.75, 3.05) is 13.1 Å². The maximum absolute atomic E-state index is 12.7. The summed E-state index contributed by atoms with van der Waals surface area (Å²) in [5, 5.41) is 0. The van der Waals surface area contributed by atoms with E-state index in [1.54, 1.807) is 6.08 Å². The van der Waals surface area contributed by atoms with Crippen LogP contribution in [0.15, 0.2) is 24.8 Å². The number of hydrogen-bond donors (Lipinski definition) is 1. The first-order valence-corrected chi connectivity index (χ1v) is 8.19. The van der Waals surface area contributed by atoms with Crippen molar-refractivity contribution in [3.8, 4) is 0 Å². The quantitative estimate of drug-likeness (QED) is 0.796. The predicted molar refractivity (Wildman–Crippen MR) is 92.1 cm³/mol. The molecule has 1 amide bonds. The molecular weight excluding hydrogens is 327 g/mol. The van der Waals surface area contributed by atoms with Crippen LogP contribution in [0.5, 0.6) is 0 Å². The largest absolute Gasteiger partial charge is 0.334 e. The number of thiophene rings is 1. The van der Waals surface area contributed by atoms with Crippen molar-refractivity contribution in [1.29, 1.82) is 0 Å². The van der Waals surface area contributed by atoms with Gasteiger partial charge in [0.2, 0.25) is 5.91 Å². The van der Waals surface area contributed by atoms with Crippen LogP contribution < -0.4 is 5.73 Å². The van der Waals surface area contributed by atoms with E-state index in [1.807, 2.05) is 17.0 Å². The van der Waals surface area contributed by atoms with Gasteiger partial charge in [-0.3, -0.25) is 4.79 Å². The third kappa shape index (κ3) is 4.71. The Morgan fingerprint density at radius 2 is 2.29 bits per heavy atom. The molecule has 1 fully saturated rings. The number of carbonyl (C=O) groups excluding carboxylic acids is 1. The Labute approximate surface area is 141 Å². The first kappa shape index (κ1) is 18.5. The van der Waals surface area contributed by atoms with Gasteiger partial charge in [0.05, 0.1) is 10.9 Å². The third-order valence-electron chi connectivity index (χ3n) is 3.92. The van der Waals surface area contributed by atoms with Crippen LogP contribution in [0.2, 0.25) is 4.34 Å². The smallest absolute Gasteiger partial charge is 0.226 e. The Morgan fingerprint density at radius 1 is 1.52 bits per heavy atom. The van der Waals surface area contributed by atoms with Gasteiger partial charge in [-0.2, -0.15) is 0 Å². The second-order valence-corrected chi connectivity index (χ2v) is 7.05. The number of carbonyl (C=O) groups is 1. The van der Waals surface area contributed by atoms with Gasteiger partial charge in [-0.25, -0.2) is 0 Å². The van der Waals surface area contributed by atoms with Crippen LogP contribution in [0.1, 0.15) is 24.1 Å². The summed E-state index contributed by atoms with van der Waals surface area (Å²) >= 11 is 7.47. The fourth-order valence-electron chi connectivity index (χ4n) is 2.89. The van der Waals surface area contributed by atoms with Crippen molar-refractivity contribution in [2.24, 2.45) is 17.6 Å². The van der Waals surface area contributed by atoms with Crippen molar-refractivity contribution in [1.82, 2.24) is 4.90 Å². The second-order valence-electron chi connectivity index (χ2n) is 5.25. The van der Waals surface area contributed by atoms with Crippen molar-refractivity contribution < 1.29 is 4.79 Å². The highest BCUT2D eigenvalue weighted by molar-refractivity contribution is 7.16. The lowest BCUT2D eigenvalue weighted by atomic mass is 9.94. The van der Waals surface area contributed by atoms with E-state index in [-0.39, 0.29) is 24.2 Å². The van der Waals surface area contributed by atoms with Crippen LogP contribution in [-0.2, 0) is 11.3 Å². The summed E-state index contributed by atoms with van der Waals surface area (Å²) in [6.07, 6.45) is 4.91. The Kier molecular flexibility index (Phi) is 7.74. The molecule has 0 aliphatic heterocycles. The molecule has 2 rings (SSSR count). The van der Waals surface area contributed by atoms with E-state index in [0.717, 1.165) is 28.5 Å². The van der Waals surface area contributed by atoms with E-state index >= 15 is 0 Å². The van der Waals surface area contributed by atoms with Gasteiger partial charge in [-0.1, -0.05) is 24.1 Å². The molecule has 6 heteroatoms. The molecule has 1 aromatic rings. The number of nitrogens with two attached hydrogens (primary N) is 1. The molecule has 1 aliphatic rings. The molecule has 1 saturated carbocycles. The van der Waals surface area contributed by atoms with Gasteiger partial charge in [0, 0.05) is 17.3 Å². The molecule has 0 bridgehead atoms. The second kappa shape index (κ2) is 8.79. The Bertz CT molecular complexity index is 478. The average Bonchev–Trinajstić information content (AvgIpc) is 3.06. The highest BCUT2D eigenvalue weighted by Gasteiger charge is 2.34. The maximum Gasteiger partial charge on any atom is 0.226 e. The lowest BCUT2D eigenvalue weighted by Crippen LogP contribution is -2.38. The van der Waals surface area contributed by atoms with Gasteiger partial charge in [0.1, 0.15) is 0 Å². The number of halogens is 2. The molecule has 3 nitrogen and oxygen atoms in total. The molecule has 1 heterocycles. The zero-order chi connectivity index (χ0) is 14.5. The highest BCUT2D eigenvalue weighted by atomic mass is 35.5. The summed E-state index contributed by atoms with van der Waals surface area (Å²) in [6, 6.07) is 3.85. The summed E-state index contributed by atoms with van der Waals surface area (Å²) in [5.41, 5.74) is 5.79. The van der Waals surface area contributed by atoms with Gasteiger partial charge < -0.3 is 10.6 Å². The summed E-state index contributed by atoms with van der Waals surface area (Å²) in [7, 11) is 0. The van der Waals surface area contributed by atoms with Crippen molar-refractivity contribution in [3.63, 3.8) is 0 Å². The van der Waals surface area contributed by atoms with Crippen LogP contribution in [0.25, 0.3) is 0 Å². The minimum Gasteiger partial charge on any atom is -0.334 e. The van der Waals surface area contributed by atoms with E-state index < -0.39 is 0 Å². The number of hydrogen-bond acceptors (Lipinski definition) is 3. The Hall–Kier alpha value is -0.550. The molecule has 21 heavy (non-hydrogen) atoms. The fourth-order valence-corrected chi connectivity index (χ4v) is 3.99. The monoisotopic (exact) mass is 348 g/mol. The molecule has 0 aromatic carbocycles. The predicted octanol–water partition coefficient (Wildman–Crippen LogP) is 3.71. The van der Waals surface area contributed by atoms with Crippen LogP contribution in [0.4, 0.5) is 0 Å². The maximum atomic E-state index is 12.7. The first-order chi connectivity index (χ1) is 9.65. The third-order valence-corrected chi connectivity index (χ3v) is 5.13. The summed E-state index contributed by atoms with van der Waals surface area (Å²) in [4.78, 5) is 15.7. The highest BCUT2D eigenvalue weighted by Crippen LogP contribution is 2.33. The van der Waals surface area contributed by atoms with Crippen LogP contribution in [0, 0.1) is 11.8 Å². The summed E-state index contributed by atoms with van der Waals surface area (Å²) in [5.74, 6) is 0.625. The zero-order valence-electron chi connectivity index (χ0n) is 12.0. The fraction of sp³-hybridized carbons (Fsp3) is 0.533. The molecule has 0 unspecified atom stereocenters. The lowest BCUT2D eigenvalue weighted by molar-refractivity contribution is -0.136. The normalized spacial score (nSPS) is 20.9. The average molecular weight is 349 g/mol. The van der Waals surface area contributed by atoms with E-state index in [4.69, 9.17) is 17.3 Å². The van der Waals surface area contributed by atoms with E-state index in [9.17, 15) is 4.79 Å². The van der Waals surface area contributed by atoms with Gasteiger partial charge in [-0.15, -0.1) is 30.3 Å². The molecule has 118 valence electrons. The lowest BCUT2D eigenvalue weighted by Gasteiger charge is -2.26. The van der Waals surface area contributed by atoms with E-state index in [2.05, 4.69) is 6.58 Å². The topological polar surface area (TPSA) is 46.3 Å². The van der Waals surface area contributed by atoms with Crippen molar-refractivity contribution in [2.45, 2.75) is 25.8 Å². The van der Waals surface area contributed by atoms with Crippen molar-refractivity contribution in [3.05, 3.63) is 34.0 Å². The SMILES string of the molecule is C=CCN(Cc1ccc(Cl)s1)C(=O)[C@@H]1CCC[C@@H]1CN.Cl. The molecule has 1 aromatic heterocycles. The number of amides is 1. The van der Waals surface area contributed by atoms with E-state index in [0.29, 0.717) is 25.6 Å². The van der Waals surface area contributed by atoms with Gasteiger partial charge in [0.15, 0.2) is 0 Å². The first-order valence-electron chi connectivity index (χ1n) is 6.99. The molecule has 2 N–H and O–H groups in total. The van der Waals surface area contributed by atoms with Gasteiger partial charge in [0.25, 0.3) is 0 Å². The zero-order valence-corrected chi connectivity index (χ0v) is 14.4. The van der Waals surface area contributed by atoms with Crippen molar-refractivity contribution >= 4 is 41.3 Å². The van der Waals surface area contributed by atoms with Crippen LogP contribution in [-0.4, -0.2) is 23.9 Å². The Morgan fingerprint density at radius 3 is 2.86 bits per heavy atom. The standard InChI is InChI=1S/C15H21ClN2OS.ClH/c1-2-8-18(10-12-6-7-14(16)20-12)15(19)13-5-3-4-11(13)9-17;/h2,6-7,11,13H,1,3-5,8-10,17H2;1H/t11-,13-;/m1./s1. The summed E-state index contributed by atoms with van der Waals surface area (Å²) in [6.45, 7) is 5.53.